The van der Waals surface area contributed by atoms with Crippen molar-refractivity contribution in [1.82, 2.24) is 35.5 Å². The van der Waals surface area contributed by atoms with Crippen molar-refractivity contribution in [2.45, 2.75) is 26.8 Å². The molecule has 2 aliphatic rings. The molecule has 152 valence electrons. The van der Waals surface area contributed by atoms with E-state index in [1.165, 1.54) is 11.5 Å². The molecule has 5 rings (SSSR count). The van der Waals surface area contributed by atoms with Gasteiger partial charge in [-0.1, -0.05) is 0 Å². The first kappa shape index (κ1) is 18.3. The van der Waals surface area contributed by atoms with Crippen LogP contribution in [0.2, 0.25) is 0 Å². The van der Waals surface area contributed by atoms with E-state index in [-0.39, 0.29) is 6.04 Å². The van der Waals surface area contributed by atoms with E-state index in [1.807, 2.05) is 25.0 Å². The summed E-state index contributed by atoms with van der Waals surface area (Å²) in [7, 11) is 2.00. The number of anilines is 1. The van der Waals surface area contributed by atoms with Gasteiger partial charge in [-0.15, -0.1) is 5.53 Å². The summed E-state index contributed by atoms with van der Waals surface area (Å²) in [4.78, 5) is 7.37. The largest absolute Gasteiger partial charge is 0.377 e. The van der Waals surface area contributed by atoms with Gasteiger partial charge in [0.15, 0.2) is 0 Å². The second-order valence-corrected chi connectivity index (χ2v) is 8.33. The van der Waals surface area contributed by atoms with Gasteiger partial charge in [0.05, 0.1) is 35.3 Å². The molecule has 9 nitrogen and oxygen atoms in total. The number of nitrogens with one attached hydrogen (secondary N) is 3. The van der Waals surface area contributed by atoms with Crippen molar-refractivity contribution in [2.75, 3.05) is 31.7 Å². The zero-order chi connectivity index (χ0) is 20.1. The van der Waals surface area contributed by atoms with Gasteiger partial charge in [-0.3, -0.25) is 10.1 Å². The Morgan fingerprint density at radius 3 is 2.83 bits per heavy atom. The predicted molar refractivity (Wildman–Crippen MR) is 114 cm³/mol. The first-order valence-corrected chi connectivity index (χ1v) is 10.4. The van der Waals surface area contributed by atoms with Crippen LogP contribution in [0.15, 0.2) is 17.8 Å². The van der Waals surface area contributed by atoms with E-state index in [0.29, 0.717) is 13.2 Å². The summed E-state index contributed by atoms with van der Waals surface area (Å²) < 4.78 is 11.4. The Kier molecular flexibility index (Phi) is 4.41. The maximum absolute atomic E-state index is 5.63. The van der Waals surface area contributed by atoms with E-state index < -0.39 is 0 Å². The molecule has 0 amide bonds. The standard InChI is InChI=1S/C19H24N8OS/c1-10-7-14(23-21-10)16-17-19(29-24-16)13(18-12(3)22-25-26(18)4)8-15(20-17)27-5-6-28-9-11(27)2/h7-8,11,22,25H,5-6,9H2,1-4H3,(H,21,23)/t11-/m1/s1. The fraction of sp³-hybridized carbons (Fsp3) is 0.421. The number of hydrogen-bond acceptors (Lipinski definition) is 9. The second kappa shape index (κ2) is 6.97. The van der Waals surface area contributed by atoms with Crippen LogP contribution < -0.4 is 15.9 Å². The Morgan fingerprint density at radius 1 is 1.28 bits per heavy atom. The predicted octanol–water partition coefficient (Wildman–Crippen LogP) is 2.26. The Hall–Kier alpha value is -2.69. The zero-order valence-electron chi connectivity index (χ0n) is 16.9. The molecule has 3 N–H and O–H groups in total. The Morgan fingerprint density at radius 2 is 2.14 bits per heavy atom. The highest BCUT2D eigenvalue weighted by molar-refractivity contribution is 7.14. The molecule has 0 radical (unpaired) electrons. The highest BCUT2D eigenvalue weighted by Crippen LogP contribution is 2.38. The topological polar surface area (TPSA) is 94.2 Å². The number of nitrogens with zero attached hydrogens (tertiary/aromatic N) is 5. The van der Waals surface area contributed by atoms with Gasteiger partial charge < -0.3 is 15.1 Å². The van der Waals surface area contributed by atoms with Crippen molar-refractivity contribution < 1.29 is 4.74 Å². The highest BCUT2D eigenvalue weighted by atomic mass is 32.1. The van der Waals surface area contributed by atoms with E-state index in [9.17, 15) is 0 Å². The van der Waals surface area contributed by atoms with Crippen LogP contribution in [0.5, 0.6) is 0 Å². The van der Waals surface area contributed by atoms with Gasteiger partial charge >= 0.3 is 0 Å². The summed E-state index contributed by atoms with van der Waals surface area (Å²) in [6.07, 6.45) is 0. The molecule has 1 fully saturated rings. The molecule has 0 aliphatic carbocycles. The minimum absolute atomic E-state index is 0.261. The van der Waals surface area contributed by atoms with E-state index in [0.717, 1.165) is 56.6 Å². The minimum Gasteiger partial charge on any atom is -0.377 e. The lowest BCUT2D eigenvalue weighted by molar-refractivity contribution is 0.0985. The monoisotopic (exact) mass is 412 g/mol. The summed E-state index contributed by atoms with van der Waals surface area (Å²) in [5, 5.41) is 9.43. The fourth-order valence-electron chi connectivity index (χ4n) is 3.92. The molecule has 0 unspecified atom stereocenters. The number of H-pyrrole nitrogens is 1. The molecule has 1 atom stereocenters. The van der Waals surface area contributed by atoms with Crippen molar-refractivity contribution in [3.05, 3.63) is 29.1 Å². The summed E-state index contributed by atoms with van der Waals surface area (Å²) in [6.45, 7) is 8.45. The van der Waals surface area contributed by atoms with Crippen LogP contribution in [-0.4, -0.2) is 57.4 Å². The third-order valence-corrected chi connectivity index (χ3v) is 6.25. The lowest BCUT2D eigenvalue weighted by Crippen LogP contribution is -2.44. The number of aromatic nitrogens is 4. The van der Waals surface area contributed by atoms with E-state index in [1.54, 1.807) is 0 Å². The van der Waals surface area contributed by atoms with Crippen molar-refractivity contribution >= 4 is 33.3 Å². The number of morpholine rings is 1. The van der Waals surface area contributed by atoms with Gasteiger partial charge in [-0.2, -0.15) is 9.47 Å². The molecule has 3 aromatic heterocycles. The number of aromatic amines is 1. The van der Waals surface area contributed by atoms with E-state index >= 15 is 0 Å². The van der Waals surface area contributed by atoms with Crippen LogP contribution in [-0.2, 0) is 4.74 Å². The number of rotatable bonds is 3. The van der Waals surface area contributed by atoms with Crippen LogP contribution in [0.3, 0.4) is 0 Å². The van der Waals surface area contributed by atoms with Gasteiger partial charge in [0, 0.05) is 24.8 Å². The molecule has 2 aliphatic heterocycles. The van der Waals surface area contributed by atoms with Gasteiger partial charge in [-0.25, -0.2) is 4.98 Å². The quantitative estimate of drug-likeness (QED) is 0.603. The smallest absolute Gasteiger partial charge is 0.131 e. The molecule has 0 aromatic carbocycles. The maximum Gasteiger partial charge on any atom is 0.131 e. The third kappa shape index (κ3) is 3.04. The maximum atomic E-state index is 5.63. The van der Waals surface area contributed by atoms with Crippen molar-refractivity contribution in [3.8, 4) is 11.4 Å². The molecule has 1 saturated heterocycles. The molecule has 0 saturated carbocycles. The van der Waals surface area contributed by atoms with Crippen molar-refractivity contribution in [1.29, 1.82) is 0 Å². The lowest BCUT2D eigenvalue weighted by atomic mass is 10.1. The normalized spacial score (nSPS) is 20.1. The summed E-state index contributed by atoms with van der Waals surface area (Å²) in [6, 6.07) is 4.44. The highest BCUT2D eigenvalue weighted by Gasteiger charge is 2.27. The van der Waals surface area contributed by atoms with Gasteiger partial charge in [0.25, 0.3) is 0 Å². The average Bonchev–Trinajstić information content (AvgIpc) is 3.40. The summed E-state index contributed by atoms with van der Waals surface area (Å²) in [5.41, 5.74) is 13.1. The molecule has 5 heterocycles. The van der Waals surface area contributed by atoms with Crippen LogP contribution in [0, 0.1) is 6.92 Å². The first-order valence-electron chi connectivity index (χ1n) is 9.66. The number of ether oxygens (including phenoxy) is 1. The van der Waals surface area contributed by atoms with Crippen molar-refractivity contribution in [2.24, 2.45) is 0 Å². The summed E-state index contributed by atoms with van der Waals surface area (Å²) >= 11 is 1.47. The van der Waals surface area contributed by atoms with Crippen molar-refractivity contribution in [3.63, 3.8) is 0 Å². The summed E-state index contributed by atoms with van der Waals surface area (Å²) in [5.74, 6) is 0.942. The third-order valence-electron chi connectivity index (χ3n) is 5.38. The first-order chi connectivity index (χ1) is 14.0. The number of fused-ring (bicyclic) bond motifs is 1. The van der Waals surface area contributed by atoms with Crippen LogP contribution in [0.4, 0.5) is 5.82 Å². The lowest BCUT2D eigenvalue weighted by Gasteiger charge is -2.34. The molecule has 29 heavy (non-hydrogen) atoms. The van der Waals surface area contributed by atoms with Crippen LogP contribution in [0.25, 0.3) is 27.3 Å². The Labute approximate surface area is 172 Å². The molecule has 0 spiro atoms. The van der Waals surface area contributed by atoms with E-state index in [2.05, 4.69) is 46.0 Å². The van der Waals surface area contributed by atoms with Crippen LogP contribution in [0.1, 0.15) is 25.1 Å². The van der Waals surface area contributed by atoms with E-state index in [4.69, 9.17) is 14.1 Å². The minimum atomic E-state index is 0.261. The SMILES string of the molecule is CC1=C(c2cc(N3CCOC[C@H]3C)nc3c(-c4cc(C)[nH]n4)nsc23)N(C)NN1. The number of allylic oxidation sites excluding steroid dienone is 1. The molecule has 10 heteroatoms. The number of aryl methyl sites for hydroxylation is 1. The molecular formula is C19H24N8OS. The number of hydrogen-bond donors (Lipinski definition) is 3. The molecule has 3 aromatic rings. The molecular weight excluding hydrogens is 388 g/mol. The number of pyridine rings is 1. The van der Waals surface area contributed by atoms with Gasteiger partial charge in [0.1, 0.15) is 22.7 Å². The van der Waals surface area contributed by atoms with Gasteiger partial charge in [-0.05, 0) is 44.4 Å². The Balaban J connectivity index is 1.74. The van der Waals surface area contributed by atoms with Gasteiger partial charge in [0.2, 0.25) is 0 Å². The number of hydrazine groups is 2. The Bertz CT molecular complexity index is 1100. The average molecular weight is 413 g/mol. The zero-order valence-corrected chi connectivity index (χ0v) is 17.7. The molecule has 0 bridgehead atoms. The second-order valence-electron chi connectivity index (χ2n) is 7.56. The van der Waals surface area contributed by atoms with Crippen LogP contribution >= 0.6 is 11.5 Å². The fourth-order valence-corrected chi connectivity index (χ4v) is 4.77.